The maximum absolute atomic E-state index is 5.93. The Bertz CT molecular complexity index is 768. The van der Waals surface area contributed by atoms with Crippen molar-refractivity contribution in [1.29, 1.82) is 0 Å². The summed E-state index contributed by atoms with van der Waals surface area (Å²) in [5.74, 6) is 1.48. The minimum absolute atomic E-state index is 0.533. The summed E-state index contributed by atoms with van der Waals surface area (Å²) in [6, 6.07) is 9.77. The summed E-state index contributed by atoms with van der Waals surface area (Å²) in [6.45, 7) is 0.703. The van der Waals surface area contributed by atoms with Gasteiger partial charge in [-0.1, -0.05) is 23.7 Å². The molecule has 3 rings (SSSR count). The zero-order valence-electron chi connectivity index (χ0n) is 11.1. The molecule has 0 aliphatic rings. The van der Waals surface area contributed by atoms with Crippen LogP contribution in [0.4, 0.5) is 0 Å². The van der Waals surface area contributed by atoms with Gasteiger partial charge in [-0.25, -0.2) is 9.97 Å². The molecule has 0 fully saturated rings. The number of nitrogens with zero attached hydrogens (tertiary/aromatic N) is 3. The van der Waals surface area contributed by atoms with E-state index in [2.05, 4.69) is 30.5 Å². The highest BCUT2D eigenvalue weighted by Crippen LogP contribution is 2.21. The van der Waals surface area contributed by atoms with Gasteiger partial charge in [-0.2, -0.15) is 0 Å². The van der Waals surface area contributed by atoms with Crippen LogP contribution in [0.3, 0.4) is 0 Å². The Morgan fingerprint density at radius 2 is 1.95 bits per heavy atom. The lowest BCUT2D eigenvalue weighted by molar-refractivity contribution is 0.747. The Kier molecular flexibility index (Phi) is 4.48. The molecule has 0 bridgehead atoms. The molecule has 3 aromatic rings. The summed E-state index contributed by atoms with van der Waals surface area (Å²) in [5.41, 5.74) is 2.89. The summed E-state index contributed by atoms with van der Waals surface area (Å²) >= 11 is 15.3. The lowest BCUT2D eigenvalue weighted by atomic mass is 10.2. The van der Waals surface area contributed by atoms with Gasteiger partial charge in [0.1, 0.15) is 11.3 Å². The number of hydrogen-bond acceptors (Lipinski definition) is 2. The zero-order valence-corrected chi connectivity index (χ0v) is 14.2. The van der Waals surface area contributed by atoms with Crippen molar-refractivity contribution in [3.05, 3.63) is 57.4 Å². The predicted octanol–water partition coefficient (Wildman–Crippen LogP) is 4.68. The lowest BCUT2D eigenvalue weighted by Crippen LogP contribution is -2.06. The van der Waals surface area contributed by atoms with Crippen molar-refractivity contribution in [2.75, 3.05) is 5.88 Å². The van der Waals surface area contributed by atoms with E-state index in [4.69, 9.17) is 23.2 Å². The van der Waals surface area contributed by atoms with E-state index in [-0.39, 0.29) is 0 Å². The van der Waals surface area contributed by atoms with E-state index in [0.29, 0.717) is 18.8 Å². The zero-order chi connectivity index (χ0) is 14.8. The number of hydrogen-bond donors (Lipinski definition) is 0. The van der Waals surface area contributed by atoms with Gasteiger partial charge < -0.3 is 4.57 Å². The van der Waals surface area contributed by atoms with Gasteiger partial charge in [0.05, 0.1) is 6.54 Å². The fourth-order valence-electron chi connectivity index (χ4n) is 2.25. The van der Waals surface area contributed by atoms with Crippen molar-refractivity contribution in [1.82, 2.24) is 14.5 Å². The molecule has 108 valence electrons. The molecule has 6 heteroatoms. The molecule has 2 heterocycles. The standard InChI is InChI=1S/C15H12BrCl2N3/c16-11-7-13-15(19-8-11)21(14(20-13)5-6-17)9-10-1-3-12(18)4-2-10/h1-4,7-8H,5-6,9H2. The fourth-order valence-corrected chi connectivity index (χ4v) is 2.86. The number of pyridine rings is 1. The number of rotatable bonds is 4. The minimum atomic E-state index is 0.533. The molecule has 1 aromatic carbocycles. The Morgan fingerprint density at radius 1 is 1.19 bits per heavy atom. The molecular formula is C15H12BrCl2N3. The van der Waals surface area contributed by atoms with Crippen molar-refractivity contribution in [3.63, 3.8) is 0 Å². The number of alkyl halides is 1. The third-order valence-electron chi connectivity index (χ3n) is 3.20. The first-order chi connectivity index (χ1) is 10.2. The molecule has 0 saturated heterocycles. The number of aromatic nitrogens is 3. The van der Waals surface area contributed by atoms with Gasteiger partial charge in [-0.15, -0.1) is 11.6 Å². The minimum Gasteiger partial charge on any atom is -0.308 e. The van der Waals surface area contributed by atoms with Gasteiger partial charge in [0.2, 0.25) is 0 Å². The summed E-state index contributed by atoms with van der Waals surface area (Å²) in [7, 11) is 0. The third kappa shape index (κ3) is 3.23. The highest BCUT2D eigenvalue weighted by atomic mass is 79.9. The molecule has 0 atom stereocenters. The third-order valence-corrected chi connectivity index (χ3v) is 4.08. The smallest absolute Gasteiger partial charge is 0.160 e. The van der Waals surface area contributed by atoms with Crippen LogP contribution in [-0.2, 0) is 13.0 Å². The maximum atomic E-state index is 5.93. The van der Waals surface area contributed by atoms with Crippen LogP contribution in [0.1, 0.15) is 11.4 Å². The molecule has 0 spiro atoms. The van der Waals surface area contributed by atoms with Gasteiger partial charge >= 0.3 is 0 Å². The number of benzene rings is 1. The second kappa shape index (κ2) is 6.34. The Hall–Kier alpha value is -1.10. The van der Waals surface area contributed by atoms with Crippen molar-refractivity contribution in [3.8, 4) is 0 Å². The van der Waals surface area contributed by atoms with E-state index in [0.717, 1.165) is 32.0 Å². The first-order valence-corrected chi connectivity index (χ1v) is 8.19. The topological polar surface area (TPSA) is 30.7 Å². The van der Waals surface area contributed by atoms with Crippen LogP contribution in [0.2, 0.25) is 5.02 Å². The lowest BCUT2D eigenvalue weighted by Gasteiger charge is -2.08. The molecule has 0 unspecified atom stereocenters. The quantitative estimate of drug-likeness (QED) is 0.611. The maximum Gasteiger partial charge on any atom is 0.160 e. The van der Waals surface area contributed by atoms with Crippen molar-refractivity contribution in [2.45, 2.75) is 13.0 Å². The monoisotopic (exact) mass is 383 g/mol. The van der Waals surface area contributed by atoms with Gasteiger partial charge in [0, 0.05) is 28.0 Å². The molecule has 0 aliphatic heterocycles. The van der Waals surface area contributed by atoms with Gasteiger partial charge in [-0.3, -0.25) is 0 Å². The van der Waals surface area contributed by atoms with Crippen LogP contribution >= 0.6 is 39.1 Å². The predicted molar refractivity (Wildman–Crippen MR) is 90.2 cm³/mol. The molecule has 0 amide bonds. The van der Waals surface area contributed by atoms with E-state index in [1.807, 2.05) is 30.3 Å². The molecule has 3 nitrogen and oxygen atoms in total. The average Bonchev–Trinajstić information content (AvgIpc) is 2.79. The first-order valence-electron chi connectivity index (χ1n) is 6.48. The average molecular weight is 385 g/mol. The first kappa shape index (κ1) is 14.8. The summed E-state index contributed by atoms with van der Waals surface area (Å²) in [5, 5.41) is 0.734. The van der Waals surface area contributed by atoms with Crippen LogP contribution in [-0.4, -0.2) is 20.4 Å². The summed E-state index contributed by atoms with van der Waals surface area (Å²) in [4.78, 5) is 9.12. The normalized spacial score (nSPS) is 11.2. The molecule has 0 radical (unpaired) electrons. The number of aryl methyl sites for hydroxylation is 1. The van der Waals surface area contributed by atoms with Crippen LogP contribution in [0.15, 0.2) is 41.0 Å². The Morgan fingerprint density at radius 3 is 2.67 bits per heavy atom. The van der Waals surface area contributed by atoms with Gasteiger partial charge in [0.25, 0.3) is 0 Å². The molecule has 21 heavy (non-hydrogen) atoms. The highest BCUT2D eigenvalue weighted by Gasteiger charge is 2.12. The van der Waals surface area contributed by atoms with E-state index < -0.39 is 0 Å². The second-order valence-corrected chi connectivity index (χ2v) is 6.41. The van der Waals surface area contributed by atoms with E-state index in [1.54, 1.807) is 6.20 Å². The number of halogens is 3. The van der Waals surface area contributed by atoms with Gasteiger partial charge in [0.15, 0.2) is 5.65 Å². The Labute approximate surface area is 141 Å². The van der Waals surface area contributed by atoms with Crippen LogP contribution in [0, 0.1) is 0 Å². The van der Waals surface area contributed by atoms with Crippen molar-refractivity contribution < 1.29 is 0 Å². The van der Waals surface area contributed by atoms with Crippen LogP contribution in [0.25, 0.3) is 11.2 Å². The Balaban J connectivity index is 2.06. The fraction of sp³-hybridized carbons (Fsp3) is 0.200. The number of imidazole rings is 1. The van der Waals surface area contributed by atoms with Gasteiger partial charge in [-0.05, 0) is 39.7 Å². The summed E-state index contributed by atoms with van der Waals surface area (Å²) in [6.07, 6.45) is 2.50. The van der Waals surface area contributed by atoms with Crippen molar-refractivity contribution >= 4 is 50.3 Å². The van der Waals surface area contributed by atoms with Crippen LogP contribution < -0.4 is 0 Å². The van der Waals surface area contributed by atoms with Crippen molar-refractivity contribution in [2.24, 2.45) is 0 Å². The SMILES string of the molecule is ClCCc1nc2cc(Br)cnc2n1Cc1ccc(Cl)cc1. The largest absolute Gasteiger partial charge is 0.308 e. The second-order valence-electron chi connectivity index (χ2n) is 4.68. The molecule has 2 aromatic heterocycles. The van der Waals surface area contributed by atoms with E-state index in [9.17, 15) is 0 Å². The number of fused-ring (bicyclic) bond motifs is 1. The molecule has 0 saturated carbocycles. The van der Waals surface area contributed by atoms with E-state index >= 15 is 0 Å². The van der Waals surface area contributed by atoms with Crippen LogP contribution in [0.5, 0.6) is 0 Å². The van der Waals surface area contributed by atoms with E-state index in [1.165, 1.54) is 0 Å². The highest BCUT2D eigenvalue weighted by molar-refractivity contribution is 9.10. The molecule has 0 N–H and O–H groups in total. The molecular weight excluding hydrogens is 373 g/mol. The summed E-state index contributed by atoms with van der Waals surface area (Å²) < 4.78 is 3.02. The molecule has 0 aliphatic carbocycles.